The van der Waals surface area contributed by atoms with Gasteiger partial charge in [-0.15, -0.1) is 0 Å². The van der Waals surface area contributed by atoms with Crippen LogP contribution in [0.3, 0.4) is 0 Å². The van der Waals surface area contributed by atoms with Crippen LogP contribution in [-0.2, 0) is 0 Å². The van der Waals surface area contributed by atoms with E-state index in [1.807, 2.05) is 44.2 Å². The van der Waals surface area contributed by atoms with Crippen molar-refractivity contribution in [2.45, 2.75) is 13.8 Å². The maximum Gasteiger partial charge on any atom is 0.255 e. The first-order chi connectivity index (χ1) is 8.22. The summed E-state index contributed by atoms with van der Waals surface area (Å²) in [5.41, 5.74) is 2.59. The molecule has 1 heterocycles. The summed E-state index contributed by atoms with van der Waals surface area (Å²) in [6.45, 7) is 4.57. The topological polar surface area (TPSA) is 42.1 Å². The fraction of sp³-hybridized carbons (Fsp3) is 0.214. The zero-order valence-corrected chi connectivity index (χ0v) is 9.99. The van der Waals surface area contributed by atoms with E-state index in [0.717, 1.165) is 16.9 Å². The Balaban J connectivity index is 2.47. The molecular weight excluding hydrogens is 214 g/mol. The molecular formula is C14H15NO2. The first kappa shape index (κ1) is 11.5. The predicted octanol–water partition coefficient (Wildman–Crippen LogP) is 2.75. The molecule has 0 fully saturated rings. The van der Waals surface area contributed by atoms with Crippen LogP contribution in [0, 0.1) is 6.92 Å². The minimum atomic E-state index is -0.0697. The summed E-state index contributed by atoms with van der Waals surface area (Å²) in [6, 6.07) is 9.41. The lowest BCUT2D eigenvalue weighted by Gasteiger charge is -2.08. The Hall–Kier alpha value is -2.03. The van der Waals surface area contributed by atoms with Crippen molar-refractivity contribution in [2.24, 2.45) is 0 Å². The van der Waals surface area contributed by atoms with E-state index in [9.17, 15) is 4.79 Å². The van der Waals surface area contributed by atoms with Crippen molar-refractivity contribution in [1.82, 2.24) is 4.98 Å². The van der Waals surface area contributed by atoms with E-state index in [0.29, 0.717) is 12.2 Å². The molecule has 0 amide bonds. The van der Waals surface area contributed by atoms with Crippen LogP contribution in [0.15, 0.2) is 41.3 Å². The fourth-order valence-electron chi connectivity index (χ4n) is 1.83. The minimum absolute atomic E-state index is 0.0697. The second kappa shape index (κ2) is 4.87. The van der Waals surface area contributed by atoms with Crippen LogP contribution in [0.25, 0.3) is 11.1 Å². The van der Waals surface area contributed by atoms with E-state index in [1.165, 1.54) is 0 Å². The molecule has 17 heavy (non-hydrogen) atoms. The molecule has 0 aliphatic rings. The van der Waals surface area contributed by atoms with Crippen LogP contribution in [0.2, 0.25) is 0 Å². The Labute approximate surface area is 100 Å². The van der Waals surface area contributed by atoms with Gasteiger partial charge in [-0.25, -0.2) is 0 Å². The summed E-state index contributed by atoms with van der Waals surface area (Å²) >= 11 is 0. The Morgan fingerprint density at radius 3 is 2.71 bits per heavy atom. The summed E-state index contributed by atoms with van der Waals surface area (Å²) < 4.78 is 5.42. The van der Waals surface area contributed by atoms with Gasteiger partial charge in [0.1, 0.15) is 5.75 Å². The van der Waals surface area contributed by atoms with Crippen molar-refractivity contribution < 1.29 is 4.74 Å². The number of hydrogen-bond acceptors (Lipinski definition) is 2. The number of rotatable bonds is 3. The highest BCUT2D eigenvalue weighted by Crippen LogP contribution is 2.24. The van der Waals surface area contributed by atoms with Gasteiger partial charge in [-0.1, -0.05) is 6.07 Å². The third kappa shape index (κ3) is 2.38. The van der Waals surface area contributed by atoms with Gasteiger partial charge in [0.15, 0.2) is 0 Å². The molecule has 0 spiro atoms. The second-order valence-corrected chi connectivity index (χ2v) is 3.82. The SMILES string of the molecule is CCOc1ccc(-c2ccc[nH]c2=O)c(C)c1. The first-order valence-electron chi connectivity index (χ1n) is 5.64. The average Bonchev–Trinajstić information content (AvgIpc) is 2.31. The Kier molecular flexibility index (Phi) is 3.28. The van der Waals surface area contributed by atoms with Gasteiger partial charge in [0.2, 0.25) is 0 Å². The van der Waals surface area contributed by atoms with E-state index >= 15 is 0 Å². The van der Waals surface area contributed by atoms with Gasteiger partial charge in [-0.05, 0) is 49.2 Å². The number of nitrogens with one attached hydrogen (secondary N) is 1. The standard InChI is InChI=1S/C14H15NO2/c1-3-17-11-6-7-12(10(2)9-11)13-5-4-8-15-14(13)16/h4-9H,3H2,1-2H3,(H,15,16). The molecule has 0 unspecified atom stereocenters. The van der Waals surface area contributed by atoms with Gasteiger partial charge in [0.25, 0.3) is 5.56 Å². The number of aryl methyl sites for hydroxylation is 1. The predicted molar refractivity (Wildman–Crippen MR) is 68.4 cm³/mol. The number of H-pyrrole nitrogens is 1. The third-order valence-electron chi connectivity index (χ3n) is 2.62. The Morgan fingerprint density at radius 1 is 1.24 bits per heavy atom. The van der Waals surface area contributed by atoms with Crippen molar-refractivity contribution in [3.63, 3.8) is 0 Å². The van der Waals surface area contributed by atoms with Gasteiger partial charge >= 0.3 is 0 Å². The highest BCUT2D eigenvalue weighted by molar-refractivity contribution is 5.67. The van der Waals surface area contributed by atoms with Crippen molar-refractivity contribution >= 4 is 0 Å². The molecule has 0 bridgehead atoms. The fourth-order valence-corrected chi connectivity index (χ4v) is 1.83. The van der Waals surface area contributed by atoms with Gasteiger partial charge in [0.05, 0.1) is 6.61 Å². The summed E-state index contributed by atoms with van der Waals surface area (Å²) in [7, 11) is 0. The quantitative estimate of drug-likeness (QED) is 0.879. The number of benzene rings is 1. The van der Waals surface area contributed by atoms with Crippen LogP contribution in [0.4, 0.5) is 0 Å². The Morgan fingerprint density at radius 2 is 2.06 bits per heavy atom. The van der Waals surface area contributed by atoms with E-state index in [1.54, 1.807) is 6.20 Å². The highest BCUT2D eigenvalue weighted by atomic mass is 16.5. The molecule has 1 aromatic carbocycles. The van der Waals surface area contributed by atoms with Gasteiger partial charge in [-0.3, -0.25) is 4.79 Å². The van der Waals surface area contributed by atoms with Gasteiger partial charge in [-0.2, -0.15) is 0 Å². The molecule has 0 saturated heterocycles. The smallest absolute Gasteiger partial charge is 0.255 e. The zero-order valence-electron chi connectivity index (χ0n) is 9.99. The summed E-state index contributed by atoms with van der Waals surface area (Å²) in [5.74, 6) is 0.834. The molecule has 3 nitrogen and oxygen atoms in total. The number of pyridine rings is 1. The van der Waals surface area contributed by atoms with Crippen LogP contribution >= 0.6 is 0 Å². The van der Waals surface area contributed by atoms with Gasteiger partial charge in [0, 0.05) is 11.8 Å². The number of hydrogen-bond donors (Lipinski definition) is 1. The molecule has 1 aromatic heterocycles. The average molecular weight is 229 g/mol. The summed E-state index contributed by atoms with van der Waals surface area (Å²) in [5, 5.41) is 0. The van der Waals surface area contributed by atoms with Crippen molar-refractivity contribution in [2.75, 3.05) is 6.61 Å². The maximum absolute atomic E-state index is 11.7. The molecule has 2 aromatic rings. The largest absolute Gasteiger partial charge is 0.494 e. The minimum Gasteiger partial charge on any atom is -0.494 e. The number of ether oxygens (including phenoxy) is 1. The maximum atomic E-state index is 11.7. The molecule has 0 aliphatic carbocycles. The lowest BCUT2D eigenvalue weighted by Crippen LogP contribution is -2.07. The highest BCUT2D eigenvalue weighted by Gasteiger charge is 2.06. The van der Waals surface area contributed by atoms with E-state index in [4.69, 9.17) is 4.74 Å². The molecule has 1 N–H and O–H groups in total. The summed E-state index contributed by atoms with van der Waals surface area (Å²) in [6.07, 6.45) is 1.63. The van der Waals surface area contributed by atoms with E-state index < -0.39 is 0 Å². The lowest BCUT2D eigenvalue weighted by atomic mass is 10.0. The molecule has 0 atom stereocenters. The second-order valence-electron chi connectivity index (χ2n) is 3.82. The lowest BCUT2D eigenvalue weighted by molar-refractivity contribution is 0.340. The van der Waals surface area contributed by atoms with Gasteiger partial charge < -0.3 is 9.72 Å². The molecule has 0 aliphatic heterocycles. The Bertz CT molecular complexity index is 572. The van der Waals surface area contributed by atoms with Crippen molar-refractivity contribution in [3.8, 4) is 16.9 Å². The number of aromatic nitrogens is 1. The van der Waals surface area contributed by atoms with E-state index in [2.05, 4.69) is 4.98 Å². The van der Waals surface area contributed by atoms with Crippen LogP contribution in [0.1, 0.15) is 12.5 Å². The first-order valence-corrected chi connectivity index (χ1v) is 5.64. The van der Waals surface area contributed by atoms with Crippen LogP contribution in [0.5, 0.6) is 5.75 Å². The molecule has 3 heteroatoms. The summed E-state index contributed by atoms with van der Waals surface area (Å²) in [4.78, 5) is 14.4. The van der Waals surface area contributed by atoms with Crippen molar-refractivity contribution in [1.29, 1.82) is 0 Å². The van der Waals surface area contributed by atoms with E-state index in [-0.39, 0.29) is 5.56 Å². The molecule has 0 radical (unpaired) electrons. The molecule has 2 rings (SSSR count). The van der Waals surface area contributed by atoms with Crippen molar-refractivity contribution in [3.05, 3.63) is 52.4 Å². The zero-order chi connectivity index (χ0) is 12.3. The third-order valence-corrected chi connectivity index (χ3v) is 2.62. The van der Waals surface area contributed by atoms with Crippen LogP contribution < -0.4 is 10.3 Å². The number of aromatic amines is 1. The van der Waals surface area contributed by atoms with Crippen LogP contribution in [-0.4, -0.2) is 11.6 Å². The monoisotopic (exact) mass is 229 g/mol. The molecule has 88 valence electrons. The molecule has 0 saturated carbocycles. The normalized spacial score (nSPS) is 10.2.